The molecule has 0 unspecified atom stereocenters. The Kier molecular flexibility index (Phi) is 9.05. The number of rotatable bonds is 8. The van der Waals surface area contributed by atoms with E-state index in [-0.39, 0.29) is 24.8 Å². The van der Waals surface area contributed by atoms with Crippen molar-refractivity contribution in [3.63, 3.8) is 0 Å². The zero-order chi connectivity index (χ0) is 19.9. The molecule has 3 aromatic rings. The van der Waals surface area contributed by atoms with Crippen molar-refractivity contribution >= 4 is 35.6 Å². The number of hydrogen-bond donors (Lipinski definition) is 1. The van der Waals surface area contributed by atoms with E-state index in [9.17, 15) is 4.39 Å². The van der Waals surface area contributed by atoms with Crippen molar-refractivity contribution in [2.24, 2.45) is 0 Å². The van der Waals surface area contributed by atoms with Gasteiger partial charge in [0.2, 0.25) is 0 Å². The number of methoxy groups -OCH3 is 1. The van der Waals surface area contributed by atoms with Gasteiger partial charge >= 0.3 is 0 Å². The minimum Gasteiger partial charge on any atom is -0.493 e. The van der Waals surface area contributed by atoms with Gasteiger partial charge in [0.1, 0.15) is 12.4 Å². The summed E-state index contributed by atoms with van der Waals surface area (Å²) in [6.45, 7) is 1.53. The summed E-state index contributed by atoms with van der Waals surface area (Å²) in [6.07, 6.45) is 0. The first-order valence-corrected chi connectivity index (χ1v) is 9.50. The van der Waals surface area contributed by atoms with E-state index in [2.05, 4.69) is 5.32 Å². The van der Waals surface area contributed by atoms with Gasteiger partial charge in [0.15, 0.2) is 11.5 Å². The second kappa shape index (κ2) is 11.3. The number of ether oxygens (including phenoxy) is 2. The van der Waals surface area contributed by atoms with Crippen LogP contribution in [0.25, 0.3) is 0 Å². The molecule has 0 spiro atoms. The first-order valence-electron chi connectivity index (χ1n) is 8.74. The molecule has 0 heterocycles. The van der Waals surface area contributed by atoms with Gasteiger partial charge in [-0.2, -0.15) is 0 Å². The van der Waals surface area contributed by atoms with Gasteiger partial charge in [0.25, 0.3) is 0 Å². The Labute approximate surface area is 186 Å². The second-order valence-corrected chi connectivity index (χ2v) is 7.02. The number of hydrogen-bond acceptors (Lipinski definition) is 3. The van der Waals surface area contributed by atoms with Crippen molar-refractivity contribution in [1.29, 1.82) is 0 Å². The smallest absolute Gasteiger partial charge is 0.161 e. The summed E-state index contributed by atoms with van der Waals surface area (Å²) >= 11 is 12.4. The summed E-state index contributed by atoms with van der Waals surface area (Å²) in [5.41, 5.74) is 2.80. The highest BCUT2D eigenvalue weighted by Gasteiger charge is 2.10. The molecule has 0 radical (unpaired) electrons. The van der Waals surface area contributed by atoms with Crippen molar-refractivity contribution in [3.05, 3.63) is 93.2 Å². The Bertz CT molecular complexity index is 916. The minimum atomic E-state index is -0.234. The van der Waals surface area contributed by atoms with Crippen LogP contribution in [0.15, 0.2) is 60.7 Å². The monoisotopic (exact) mass is 455 g/mol. The summed E-state index contributed by atoms with van der Waals surface area (Å²) in [5.74, 6) is 1.01. The highest BCUT2D eigenvalue weighted by molar-refractivity contribution is 6.35. The molecule has 0 aliphatic carbocycles. The van der Waals surface area contributed by atoms with Crippen molar-refractivity contribution in [3.8, 4) is 11.5 Å². The summed E-state index contributed by atoms with van der Waals surface area (Å²) in [4.78, 5) is 0. The van der Waals surface area contributed by atoms with Gasteiger partial charge < -0.3 is 14.8 Å². The molecule has 29 heavy (non-hydrogen) atoms. The molecule has 0 aliphatic heterocycles. The van der Waals surface area contributed by atoms with Crippen LogP contribution in [0.3, 0.4) is 0 Å². The van der Waals surface area contributed by atoms with Gasteiger partial charge in [-0.3, -0.25) is 0 Å². The van der Waals surface area contributed by atoms with E-state index in [1.165, 1.54) is 12.1 Å². The first kappa shape index (κ1) is 23.3. The predicted molar refractivity (Wildman–Crippen MR) is 118 cm³/mol. The second-order valence-electron chi connectivity index (χ2n) is 6.20. The molecule has 0 fully saturated rings. The van der Waals surface area contributed by atoms with Crippen molar-refractivity contribution in [2.75, 3.05) is 7.11 Å². The van der Waals surface area contributed by atoms with E-state index in [1.54, 1.807) is 37.4 Å². The molecule has 0 atom stereocenters. The molecule has 3 aromatic carbocycles. The normalized spacial score (nSPS) is 10.3. The lowest BCUT2D eigenvalue weighted by Gasteiger charge is -2.14. The lowest BCUT2D eigenvalue weighted by Crippen LogP contribution is -2.12. The van der Waals surface area contributed by atoms with Gasteiger partial charge in [0, 0.05) is 28.7 Å². The minimum absolute atomic E-state index is 0. The lowest BCUT2D eigenvalue weighted by molar-refractivity contribution is 0.284. The Morgan fingerprint density at radius 3 is 2.14 bits per heavy atom. The Hall–Kier alpha value is -1.98. The van der Waals surface area contributed by atoms with Crippen LogP contribution in [0.1, 0.15) is 16.7 Å². The van der Waals surface area contributed by atoms with Crippen molar-refractivity contribution < 1.29 is 13.9 Å². The number of benzene rings is 3. The lowest BCUT2D eigenvalue weighted by atomic mass is 10.1. The molecule has 0 aromatic heterocycles. The maximum atomic E-state index is 12.9. The zero-order valence-electron chi connectivity index (χ0n) is 15.8. The molecule has 1 N–H and O–H groups in total. The largest absolute Gasteiger partial charge is 0.493 e. The molecule has 0 amide bonds. The molecule has 154 valence electrons. The molecule has 3 rings (SSSR count). The zero-order valence-corrected chi connectivity index (χ0v) is 18.1. The van der Waals surface area contributed by atoms with Gasteiger partial charge in [-0.1, -0.05) is 47.5 Å². The van der Waals surface area contributed by atoms with Crippen LogP contribution in [0, 0.1) is 5.82 Å². The molecule has 7 heteroatoms. The third kappa shape index (κ3) is 6.51. The SMILES string of the molecule is COc1cc(CNCc2ccc(F)cc2)ccc1OCc1c(Cl)cccc1Cl.Cl. The fraction of sp³-hybridized carbons (Fsp3) is 0.182. The fourth-order valence-electron chi connectivity index (χ4n) is 2.71. The quantitative estimate of drug-likeness (QED) is 0.423. The van der Waals surface area contributed by atoms with Gasteiger partial charge in [-0.15, -0.1) is 12.4 Å². The maximum Gasteiger partial charge on any atom is 0.161 e. The molecular weight excluding hydrogens is 436 g/mol. The molecule has 0 saturated heterocycles. The standard InChI is InChI=1S/C22H20Cl2FNO2.ClH/c1-27-22-11-16(13-26-12-15-5-8-17(25)9-6-15)7-10-21(22)28-14-18-19(23)3-2-4-20(18)24;/h2-11,26H,12-14H2,1H3;1H. The third-order valence-electron chi connectivity index (χ3n) is 4.23. The molecular formula is C22H21Cl3FNO2. The van der Waals surface area contributed by atoms with Crippen LogP contribution in [0.2, 0.25) is 10.0 Å². The van der Waals surface area contributed by atoms with E-state index in [1.807, 2.05) is 18.2 Å². The number of halogens is 4. The highest BCUT2D eigenvalue weighted by Crippen LogP contribution is 2.31. The predicted octanol–water partition coefficient (Wildman–Crippen LogP) is 6.43. The fourth-order valence-corrected chi connectivity index (χ4v) is 3.22. The van der Waals surface area contributed by atoms with Crippen molar-refractivity contribution in [1.82, 2.24) is 5.32 Å². The molecule has 0 bridgehead atoms. The highest BCUT2D eigenvalue weighted by atomic mass is 35.5. The van der Waals surface area contributed by atoms with Crippen LogP contribution in [0.4, 0.5) is 4.39 Å². The van der Waals surface area contributed by atoms with Crippen LogP contribution < -0.4 is 14.8 Å². The average molecular weight is 457 g/mol. The maximum absolute atomic E-state index is 12.9. The molecule has 0 aliphatic rings. The van der Waals surface area contributed by atoms with Crippen LogP contribution in [-0.2, 0) is 19.7 Å². The Balaban J connectivity index is 0.00000300. The van der Waals surface area contributed by atoms with E-state index in [0.717, 1.165) is 16.7 Å². The van der Waals surface area contributed by atoms with E-state index in [0.29, 0.717) is 34.6 Å². The van der Waals surface area contributed by atoms with Crippen molar-refractivity contribution in [2.45, 2.75) is 19.7 Å². The van der Waals surface area contributed by atoms with E-state index >= 15 is 0 Å². The summed E-state index contributed by atoms with van der Waals surface area (Å²) < 4.78 is 24.3. The topological polar surface area (TPSA) is 30.5 Å². The average Bonchev–Trinajstić information content (AvgIpc) is 2.69. The van der Waals surface area contributed by atoms with Gasteiger partial charge in [0.05, 0.1) is 7.11 Å². The van der Waals surface area contributed by atoms with E-state index < -0.39 is 0 Å². The van der Waals surface area contributed by atoms with Crippen LogP contribution in [-0.4, -0.2) is 7.11 Å². The number of nitrogens with one attached hydrogen (secondary N) is 1. The van der Waals surface area contributed by atoms with Gasteiger partial charge in [-0.25, -0.2) is 4.39 Å². The summed E-state index contributed by atoms with van der Waals surface area (Å²) in [6, 6.07) is 17.5. The summed E-state index contributed by atoms with van der Waals surface area (Å²) in [7, 11) is 1.60. The van der Waals surface area contributed by atoms with Crippen LogP contribution in [0.5, 0.6) is 11.5 Å². The Morgan fingerprint density at radius 1 is 0.862 bits per heavy atom. The Morgan fingerprint density at radius 2 is 1.48 bits per heavy atom. The summed E-state index contributed by atoms with van der Waals surface area (Å²) in [5, 5.41) is 4.45. The molecule has 3 nitrogen and oxygen atoms in total. The van der Waals surface area contributed by atoms with Crippen LogP contribution >= 0.6 is 35.6 Å². The van der Waals surface area contributed by atoms with Gasteiger partial charge in [-0.05, 0) is 47.5 Å². The molecule has 0 saturated carbocycles. The first-order chi connectivity index (χ1) is 13.6. The van der Waals surface area contributed by atoms with E-state index in [4.69, 9.17) is 32.7 Å². The third-order valence-corrected chi connectivity index (χ3v) is 4.94.